The summed E-state index contributed by atoms with van der Waals surface area (Å²) in [7, 11) is -0.669. The van der Waals surface area contributed by atoms with E-state index in [-0.39, 0.29) is 19.0 Å². The molecule has 8 heteroatoms. The molecule has 0 spiro atoms. The van der Waals surface area contributed by atoms with Crippen LogP contribution in [0.2, 0.25) is 0 Å². The average molecular weight is 284 g/mol. The van der Waals surface area contributed by atoms with E-state index in [1.807, 2.05) is 13.2 Å². The summed E-state index contributed by atoms with van der Waals surface area (Å²) in [6.07, 6.45) is 1.71. The zero-order valence-electron chi connectivity index (χ0n) is 10.6. The summed E-state index contributed by atoms with van der Waals surface area (Å²) >= 11 is 1.57. The minimum atomic E-state index is -3.57. The normalized spacial score (nSPS) is 14.2. The summed E-state index contributed by atoms with van der Waals surface area (Å²) in [4.78, 5) is 10.4. The first-order valence-corrected chi connectivity index (χ1v) is 7.92. The van der Waals surface area contributed by atoms with Crippen molar-refractivity contribution in [1.82, 2.24) is 8.61 Å². The molecule has 0 fully saturated rings. The Morgan fingerprint density at radius 3 is 2.35 bits per heavy atom. The number of hydrogen-bond acceptors (Lipinski definition) is 4. The van der Waals surface area contributed by atoms with Gasteiger partial charge in [0.05, 0.1) is 6.42 Å². The molecule has 0 aliphatic heterocycles. The van der Waals surface area contributed by atoms with Gasteiger partial charge in [-0.15, -0.1) is 0 Å². The molecule has 0 rings (SSSR count). The smallest absolute Gasteiger partial charge is 0.304 e. The van der Waals surface area contributed by atoms with E-state index in [1.165, 1.54) is 18.4 Å². The monoisotopic (exact) mass is 284 g/mol. The maximum absolute atomic E-state index is 12.0. The molecule has 1 unspecified atom stereocenters. The third-order valence-corrected chi connectivity index (χ3v) is 5.30. The van der Waals surface area contributed by atoms with Gasteiger partial charge in [0.2, 0.25) is 0 Å². The quantitative estimate of drug-likeness (QED) is 0.694. The first-order chi connectivity index (χ1) is 7.73. The van der Waals surface area contributed by atoms with Crippen LogP contribution in [0.4, 0.5) is 0 Å². The number of nitrogens with zero attached hydrogens (tertiary/aromatic N) is 2. The molecule has 0 amide bonds. The second kappa shape index (κ2) is 7.20. The van der Waals surface area contributed by atoms with Crippen LogP contribution in [0.5, 0.6) is 0 Å². The van der Waals surface area contributed by atoms with E-state index in [1.54, 1.807) is 11.8 Å². The first kappa shape index (κ1) is 16.7. The molecule has 17 heavy (non-hydrogen) atoms. The number of carbonyl (C=O) groups is 1. The summed E-state index contributed by atoms with van der Waals surface area (Å²) in [5.74, 6) is -0.311. The summed E-state index contributed by atoms with van der Waals surface area (Å²) in [5.41, 5.74) is 0. The highest BCUT2D eigenvalue weighted by atomic mass is 32.2. The van der Waals surface area contributed by atoms with Crippen LogP contribution in [0.1, 0.15) is 13.3 Å². The second-order valence-electron chi connectivity index (χ2n) is 3.79. The fourth-order valence-electron chi connectivity index (χ4n) is 1.16. The maximum atomic E-state index is 12.0. The third-order valence-electron chi connectivity index (χ3n) is 2.43. The van der Waals surface area contributed by atoms with Crippen LogP contribution >= 0.6 is 11.8 Å². The molecule has 0 saturated heterocycles. The molecule has 102 valence electrons. The molecule has 0 aromatic rings. The lowest BCUT2D eigenvalue weighted by atomic mass is 10.4. The van der Waals surface area contributed by atoms with Crippen molar-refractivity contribution in [2.45, 2.75) is 19.4 Å². The van der Waals surface area contributed by atoms with Gasteiger partial charge in [-0.3, -0.25) is 4.79 Å². The molecule has 0 bridgehead atoms. The minimum Gasteiger partial charge on any atom is -0.481 e. The van der Waals surface area contributed by atoms with Crippen LogP contribution in [-0.2, 0) is 15.0 Å². The lowest BCUT2D eigenvalue weighted by Gasteiger charge is -2.28. The maximum Gasteiger partial charge on any atom is 0.304 e. The van der Waals surface area contributed by atoms with Gasteiger partial charge < -0.3 is 5.11 Å². The van der Waals surface area contributed by atoms with Crippen molar-refractivity contribution in [1.29, 1.82) is 0 Å². The van der Waals surface area contributed by atoms with Crippen molar-refractivity contribution >= 4 is 27.9 Å². The van der Waals surface area contributed by atoms with Crippen molar-refractivity contribution in [3.8, 4) is 0 Å². The minimum absolute atomic E-state index is 0.0198. The number of carboxylic acid groups (broad SMARTS) is 1. The summed E-state index contributed by atoms with van der Waals surface area (Å²) in [6.45, 7) is 1.80. The Kier molecular flexibility index (Phi) is 7.07. The van der Waals surface area contributed by atoms with Crippen molar-refractivity contribution in [2.75, 3.05) is 32.6 Å². The Morgan fingerprint density at radius 1 is 1.41 bits per heavy atom. The average Bonchev–Trinajstić information content (AvgIpc) is 2.24. The lowest BCUT2D eigenvalue weighted by molar-refractivity contribution is -0.137. The van der Waals surface area contributed by atoms with Gasteiger partial charge >= 0.3 is 5.97 Å². The van der Waals surface area contributed by atoms with Gasteiger partial charge in [0.15, 0.2) is 0 Å². The first-order valence-electron chi connectivity index (χ1n) is 5.13. The Hall–Kier alpha value is -0.310. The molecule has 0 aromatic heterocycles. The number of thioether (sulfide) groups is 1. The molecule has 0 aliphatic carbocycles. The van der Waals surface area contributed by atoms with Gasteiger partial charge in [0, 0.05) is 32.4 Å². The molecule has 0 heterocycles. The van der Waals surface area contributed by atoms with Gasteiger partial charge in [0.1, 0.15) is 0 Å². The van der Waals surface area contributed by atoms with Crippen molar-refractivity contribution in [3.63, 3.8) is 0 Å². The fourth-order valence-corrected chi connectivity index (χ4v) is 3.25. The molecule has 0 aliphatic rings. The fraction of sp³-hybridized carbons (Fsp3) is 0.889. The molecule has 1 N–H and O–H groups in total. The van der Waals surface area contributed by atoms with Crippen LogP contribution in [0.3, 0.4) is 0 Å². The Labute approximate surface area is 107 Å². The second-order valence-corrected chi connectivity index (χ2v) is 6.80. The number of aliphatic carboxylic acids is 1. The molecule has 1 atom stereocenters. The van der Waals surface area contributed by atoms with E-state index in [0.29, 0.717) is 5.75 Å². The predicted molar refractivity (Wildman–Crippen MR) is 69.4 cm³/mol. The molecule has 0 aromatic carbocycles. The number of rotatable bonds is 8. The van der Waals surface area contributed by atoms with Crippen LogP contribution in [-0.4, -0.2) is 66.8 Å². The summed E-state index contributed by atoms with van der Waals surface area (Å²) in [6, 6.07) is -0.123. The van der Waals surface area contributed by atoms with E-state index >= 15 is 0 Å². The zero-order chi connectivity index (χ0) is 13.6. The Morgan fingerprint density at radius 2 is 1.94 bits per heavy atom. The van der Waals surface area contributed by atoms with Crippen LogP contribution < -0.4 is 0 Å². The van der Waals surface area contributed by atoms with Crippen LogP contribution in [0, 0.1) is 0 Å². The molecule has 0 radical (unpaired) electrons. The van der Waals surface area contributed by atoms with Crippen LogP contribution in [0.15, 0.2) is 0 Å². The van der Waals surface area contributed by atoms with E-state index < -0.39 is 16.2 Å². The number of hydrogen-bond donors (Lipinski definition) is 1. The van der Waals surface area contributed by atoms with E-state index in [2.05, 4.69) is 0 Å². The zero-order valence-corrected chi connectivity index (χ0v) is 12.2. The molecular weight excluding hydrogens is 264 g/mol. The van der Waals surface area contributed by atoms with E-state index in [9.17, 15) is 13.2 Å². The van der Waals surface area contributed by atoms with Gasteiger partial charge in [-0.2, -0.15) is 28.8 Å². The molecule has 0 saturated carbocycles. The van der Waals surface area contributed by atoms with Crippen molar-refractivity contribution in [3.05, 3.63) is 0 Å². The van der Waals surface area contributed by atoms with Gasteiger partial charge in [-0.25, -0.2) is 0 Å². The summed E-state index contributed by atoms with van der Waals surface area (Å²) in [5, 5.41) is 8.52. The lowest BCUT2D eigenvalue weighted by Crippen LogP contribution is -2.45. The third kappa shape index (κ3) is 5.24. The predicted octanol–water partition coefficient (Wildman–Crippen LogP) is 0.321. The summed E-state index contributed by atoms with van der Waals surface area (Å²) < 4.78 is 26.4. The largest absolute Gasteiger partial charge is 0.481 e. The standard InChI is InChI=1S/C9H20N2O4S2/c1-8(7-16-4)11(3)17(14,15)10(2)6-5-9(12)13/h8H,5-7H2,1-4H3,(H,12,13). The SMILES string of the molecule is CSCC(C)N(C)S(=O)(=O)N(C)CCC(=O)O. The number of carboxylic acids is 1. The molecular formula is C9H20N2O4S2. The highest BCUT2D eigenvalue weighted by Crippen LogP contribution is 2.11. The Bertz CT molecular complexity index is 345. The van der Waals surface area contributed by atoms with E-state index in [4.69, 9.17) is 5.11 Å². The van der Waals surface area contributed by atoms with Crippen LogP contribution in [0.25, 0.3) is 0 Å². The van der Waals surface area contributed by atoms with Crippen molar-refractivity contribution < 1.29 is 18.3 Å². The highest BCUT2D eigenvalue weighted by molar-refractivity contribution is 7.98. The van der Waals surface area contributed by atoms with Gasteiger partial charge in [-0.1, -0.05) is 0 Å². The highest BCUT2D eigenvalue weighted by Gasteiger charge is 2.27. The Balaban J connectivity index is 4.59. The van der Waals surface area contributed by atoms with E-state index in [0.717, 1.165) is 4.31 Å². The van der Waals surface area contributed by atoms with Gasteiger partial charge in [-0.05, 0) is 13.2 Å². The van der Waals surface area contributed by atoms with Crippen molar-refractivity contribution in [2.24, 2.45) is 0 Å². The molecule has 6 nitrogen and oxygen atoms in total. The van der Waals surface area contributed by atoms with Gasteiger partial charge in [0.25, 0.3) is 10.2 Å². The topological polar surface area (TPSA) is 77.9 Å².